The number of hydrogen-bond donors (Lipinski definition) is 0. The largest absolute Gasteiger partial charge is 0.497 e. The van der Waals surface area contributed by atoms with Gasteiger partial charge in [0.2, 0.25) is 0 Å². The van der Waals surface area contributed by atoms with Gasteiger partial charge in [0.05, 0.1) is 7.11 Å². The number of ether oxygens (including phenoxy) is 1. The minimum absolute atomic E-state index is 0.845. The number of piperazine rings is 1. The lowest BCUT2D eigenvalue weighted by Gasteiger charge is -2.39. The summed E-state index contributed by atoms with van der Waals surface area (Å²) in [5, 5.41) is 0. The van der Waals surface area contributed by atoms with Crippen molar-refractivity contribution in [2.24, 2.45) is 5.92 Å². The van der Waals surface area contributed by atoms with Crippen LogP contribution >= 0.6 is 0 Å². The first-order valence-electron chi connectivity index (χ1n) is 7.89. The second-order valence-electron chi connectivity index (χ2n) is 6.30. The van der Waals surface area contributed by atoms with Crippen molar-refractivity contribution in [3.05, 3.63) is 24.3 Å². The average molecular weight is 274 g/mol. The predicted octanol–water partition coefficient (Wildman–Crippen LogP) is 3.01. The van der Waals surface area contributed by atoms with Crippen molar-refractivity contribution in [3.8, 4) is 5.75 Å². The predicted molar refractivity (Wildman–Crippen MR) is 83.6 cm³/mol. The molecule has 110 valence electrons. The molecular weight excluding hydrogens is 248 g/mol. The second-order valence-corrected chi connectivity index (χ2v) is 6.30. The standard InChI is InChI=1S/C17H26N2O/c1-14-6-7-16(12-14)19-10-8-18(9-11-19)15-4-3-5-17(13-15)20-2/h3-5,13-14,16H,6-12H2,1-2H3/t14-,16+/m1/s1. The molecule has 0 bridgehead atoms. The maximum absolute atomic E-state index is 5.32. The maximum atomic E-state index is 5.32. The van der Waals surface area contributed by atoms with Crippen LogP contribution < -0.4 is 9.64 Å². The van der Waals surface area contributed by atoms with Gasteiger partial charge in [-0.25, -0.2) is 0 Å². The van der Waals surface area contributed by atoms with Crippen molar-refractivity contribution in [1.29, 1.82) is 0 Å². The topological polar surface area (TPSA) is 15.7 Å². The Bertz CT molecular complexity index is 440. The summed E-state index contributed by atoms with van der Waals surface area (Å²) in [5.41, 5.74) is 1.30. The third kappa shape index (κ3) is 2.93. The molecule has 0 amide bonds. The highest BCUT2D eigenvalue weighted by atomic mass is 16.5. The van der Waals surface area contributed by atoms with Gasteiger partial charge >= 0.3 is 0 Å². The van der Waals surface area contributed by atoms with Gasteiger partial charge in [-0.1, -0.05) is 13.0 Å². The molecule has 2 atom stereocenters. The first-order valence-corrected chi connectivity index (χ1v) is 7.89. The molecule has 0 aromatic heterocycles. The van der Waals surface area contributed by atoms with Crippen molar-refractivity contribution in [2.45, 2.75) is 32.2 Å². The van der Waals surface area contributed by atoms with E-state index < -0.39 is 0 Å². The lowest BCUT2D eigenvalue weighted by molar-refractivity contribution is 0.184. The molecule has 2 fully saturated rings. The monoisotopic (exact) mass is 274 g/mol. The molecule has 1 saturated heterocycles. The zero-order chi connectivity index (χ0) is 13.9. The Morgan fingerprint density at radius 2 is 1.90 bits per heavy atom. The fourth-order valence-electron chi connectivity index (χ4n) is 3.66. The molecular formula is C17H26N2O. The Balaban J connectivity index is 1.58. The molecule has 1 aliphatic carbocycles. The second kappa shape index (κ2) is 6.04. The van der Waals surface area contributed by atoms with Gasteiger partial charge < -0.3 is 9.64 Å². The SMILES string of the molecule is COc1cccc(N2CCN([C@H]3CC[C@@H](C)C3)CC2)c1. The molecule has 2 aliphatic rings. The smallest absolute Gasteiger partial charge is 0.120 e. The van der Waals surface area contributed by atoms with Crippen LogP contribution in [0.2, 0.25) is 0 Å². The molecule has 0 N–H and O–H groups in total. The highest BCUT2D eigenvalue weighted by Crippen LogP contribution is 2.30. The van der Waals surface area contributed by atoms with Gasteiger partial charge in [0, 0.05) is 44.0 Å². The van der Waals surface area contributed by atoms with Gasteiger partial charge in [0.15, 0.2) is 0 Å². The Labute approximate surface area is 122 Å². The molecule has 1 aromatic rings. The van der Waals surface area contributed by atoms with E-state index in [2.05, 4.69) is 34.9 Å². The molecule has 3 rings (SSSR count). The molecule has 3 nitrogen and oxygen atoms in total. The van der Waals surface area contributed by atoms with Gasteiger partial charge in [-0.2, -0.15) is 0 Å². The lowest BCUT2D eigenvalue weighted by atomic mass is 10.1. The fraction of sp³-hybridized carbons (Fsp3) is 0.647. The van der Waals surface area contributed by atoms with Crippen LogP contribution in [0.15, 0.2) is 24.3 Å². The van der Waals surface area contributed by atoms with Gasteiger partial charge in [0.1, 0.15) is 5.75 Å². The number of nitrogens with zero attached hydrogens (tertiary/aromatic N) is 2. The van der Waals surface area contributed by atoms with E-state index in [1.54, 1.807) is 7.11 Å². The summed E-state index contributed by atoms with van der Waals surface area (Å²) in [6.45, 7) is 7.08. The van der Waals surface area contributed by atoms with Crippen molar-refractivity contribution in [3.63, 3.8) is 0 Å². The Morgan fingerprint density at radius 3 is 2.55 bits per heavy atom. The van der Waals surface area contributed by atoms with Gasteiger partial charge in [-0.3, -0.25) is 4.90 Å². The van der Waals surface area contributed by atoms with Crippen molar-refractivity contribution < 1.29 is 4.74 Å². The zero-order valence-corrected chi connectivity index (χ0v) is 12.7. The van der Waals surface area contributed by atoms with Gasteiger partial charge in [-0.05, 0) is 37.3 Å². The number of rotatable bonds is 3. The fourth-order valence-corrected chi connectivity index (χ4v) is 3.66. The molecule has 1 heterocycles. The van der Waals surface area contributed by atoms with Crippen LogP contribution in [-0.4, -0.2) is 44.2 Å². The van der Waals surface area contributed by atoms with Crippen LogP contribution in [0.3, 0.4) is 0 Å². The van der Waals surface area contributed by atoms with Crippen molar-refractivity contribution >= 4 is 5.69 Å². The molecule has 3 heteroatoms. The third-order valence-electron chi connectivity index (χ3n) is 4.92. The molecule has 0 unspecified atom stereocenters. The summed E-state index contributed by atoms with van der Waals surface area (Å²) in [7, 11) is 1.73. The molecule has 0 radical (unpaired) electrons. The first-order chi connectivity index (χ1) is 9.76. The van der Waals surface area contributed by atoms with Gasteiger partial charge in [0.25, 0.3) is 0 Å². The van der Waals surface area contributed by atoms with Crippen molar-refractivity contribution in [2.75, 3.05) is 38.2 Å². The van der Waals surface area contributed by atoms with Gasteiger partial charge in [-0.15, -0.1) is 0 Å². The van der Waals surface area contributed by atoms with E-state index in [0.29, 0.717) is 0 Å². The highest BCUT2D eigenvalue weighted by molar-refractivity contribution is 5.51. The minimum Gasteiger partial charge on any atom is -0.497 e. The summed E-state index contributed by atoms with van der Waals surface area (Å²) >= 11 is 0. The summed E-state index contributed by atoms with van der Waals surface area (Å²) in [4.78, 5) is 5.19. The zero-order valence-electron chi connectivity index (χ0n) is 12.7. The van der Waals surface area contributed by atoms with E-state index in [4.69, 9.17) is 4.74 Å². The number of anilines is 1. The van der Waals surface area contributed by atoms with E-state index in [1.807, 2.05) is 6.07 Å². The van der Waals surface area contributed by atoms with E-state index in [0.717, 1.165) is 30.8 Å². The average Bonchev–Trinajstić information content (AvgIpc) is 2.94. The third-order valence-corrected chi connectivity index (χ3v) is 4.92. The van der Waals surface area contributed by atoms with E-state index in [-0.39, 0.29) is 0 Å². The summed E-state index contributed by atoms with van der Waals surface area (Å²) < 4.78 is 5.32. The number of benzene rings is 1. The quantitative estimate of drug-likeness (QED) is 0.842. The summed E-state index contributed by atoms with van der Waals surface area (Å²) in [5.74, 6) is 1.88. The number of methoxy groups -OCH3 is 1. The van der Waals surface area contributed by atoms with Crippen LogP contribution in [0.4, 0.5) is 5.69 Å². The first kappa shape index (κ1) is 13.7. The molecule has 0 spiro atoms. The van der Waals surface area contributed by atoms with E-state index in [9.17, 15) is 0 Å². The van der Waals surface area contributed by atoms with E-state index >= 15 is 0 Å². The minimum atomic E-state index is 0.845. The lowest BCUT2D eigenvalue weighted by Crippen LogP contribution is -2.49. The van der Waals surface area contributed by atoms with Crippen LogP contribution in [0.1, 0.15) is 26.2 Å². The Kier molecular flexibility index (Phi) is 4.16. The van der Waals surface area contributed by atoms with Crippen LogP contribution in [0.25, 0.3) is 0 Å². The van der Waals surface area contributed by atoms with E-state index in [1.165, 1.54) is 38.0 Å². The molecule has 1 aliphatic heterocycles. The highest BCUT2D eigenvalue weighted by Gasteiger charge is 2.29. The Morgan fingerprint density at radius 1 is 1.10 bits per heavy atom. The normalized spacial score (nSPS) is 27.8. The number of hydrogen-bond acceptors (Lipinski definition) is 3. The summed E-state index contributed by atoms with van der Waals surface area (Å²) in [6, 6.07) is 9.28. The van der Waals surface area contributed by atoms with Crippen LogP contribution in [0.5, 0.6) is 5.75 Å². The van der Waals surface area contributed by atoms with Crippen LogP contribution in [0, 0.1) is 5.92 Å². The van der Waals surface area contributed by atoms with Crippen molar-refractivity contribution in [1.82, 2.24) is 4.90 Å². The maximum Gasteiger partial charge on any atom is 0.120 e. The Hall–Kier alpha value is -1.22. The molecule has 1 aromatic carbocycles. The van der Waals surface area contributed by atoms with Crippen LogP contribution in [-0.2, 0) is 0 Å². The molecule has 1 saturated carbocycles. The molecule has 20 heavy (non-hydrogen) atoms. The summed E-state index contributed by atoms with van der Waals surface area (Å²) in [6.07, 6.45) is 4.22.